The number of carbonyl (C=O) groups is 1. The van der Waals surface area contributed by atoms with Crippen molar-refractivity contribution in [2.24, 2.45) is 5.92 Å². The third-order valence-electron chi connectivity index (χ3n) is 3.25. The Morgan fingerprint density at radius 1 is 1.37 bits per heavy atom. The van der Waals surface area contributed by atoms with Crippen molar-refractivity contribution < 1.29 is 9.90 Å². The second-order valence-corrected chi connectivity index (χ2v) is 4.54. The number of benzene rings is 1. The number of rotatable bonds is 3. The van der Waals surface area contributed by atoms with Crippen LogP contribution in [0.5, 0.6) is 0 Å². The van der Waals surface area contributed by atoms with E-state index in [0.29, 0.717) is 18.8 Å². The Hall–Kier alpha value is -2.28. The average Bonchev–Trinajstić information content (AvgIpc) is 3.08. The maximum atomic E-state index is 11.8. The summed E-state index contributed by atoms with van der Waals surface area (Å²) in [4.78, 5) is 13.5. The molecule has 1 saturated heterocycles. The van der Waals surface area contributed by atoms with Gasteiger partial charge in [0.1, 0.15) is 0 Å². The fraction of sp³-hybridized carbons (Fsp3) is 0.333. The Balaban J connectivity index is 1.81. The summed E-state index contributed by atoms with van der Waals surface area (Å²) in [5.41, 5.74) is 1.66. The van der Waals surface area contributed by atoms with Crippen LogP contribution < -0.4 is 4.90 Å². The van der Waals surface area contributed by atoms with E-state index < -0.39 is 0 Å². The van der Waals surface area contributed by atoms with Crippen LogP contribution in [0.15, 0.2) is 24.3 Å². The van der Waals surface area contributed by atoms with Crippen molar-refractivity contribution in [3.63, 3.8) is 0 Å². The highest BCUT2D eigenvalue weighted by molar-refractivity contribution is 5.95. The molecule has 1 aromatic heterocycles. The van der Waals surface area contributed by atoms with Crippen LogP contribution in [0, 0.1) is 5.92 Å². The number of aliphatic hydroxyl groups is 1. The number of carbonyl (C=O) groups excluding carboxylic acids is 1. The van der Waals surface area contributed by atoms with Gasteiger partial charge in [-0.15, -0.1) is 10.2 Å². The molecule has 1 unspecified atom stereocenters. The van der Waals surface area contributed by atoms with E-state index in [0.717, 1.165) is 11.3 Å². The highest BCUT2D eigenvalue weighted by Crippen LogP contribution is 2.26. The molecule has 0 aliphatic carbocycles. The molecule has 0 saturated carbocycles. The van der Waals surface area contributed by atoms with Gasteiger partial charge in [-0.2, -0.15) is 5.21 Å². The Morgan fingerprint density at radius 2 is 2.16 bits per heavy atom. The van der Waals surface area contributed by atoms with Gasteiger partial charge < -0.3 is 10.0 Å². The Morgan fingerprint density at radius 3 is 2.74 bits per heavy atom. The van der Waals surface area contributed by atoms with Crippen molar-refractivity contribution in [1.82, 2.24) is 20.6 Å². The number of anilines is 1. The molecule has 0 bridgehead atoms. The van der Waals surface area contributed by atoms with E-state index in [4.69, 9.17) is 5.11 Å². The zero-order valence-corrected chi connectivity index (χ0v) is 10.2. The number of aromatic amines is 1. The fourth-order valence-corrected chi connectivity index (χ4v) is 2.23. The minimum atomic E-state index is 0.0318. The van der Waals surface area contributed by atoms with Crippen LogP contribution in [-0.4, -0.2) is 44.8 Å². The lowest BCUT2D eigenvalue weighted by Crippen LogP contribution is -2.24. The summed E-state index contributed by atoms with van der Waals surface area (Å²) in [6.07, 6.45) is 0.406. The predicted molar refractivity (Wildman–Crippen MR) is 67.2 cm³/mol. The molecule has 3 rings (SSSR count). The van der Waals surface area contributed by atoms with E-state index in [1.165, 1.54) is 0 Å². The van der Waals surface area contributed by atoms with Crippen molar-refractivity contribution in [1.29, 1.82) is 0 Å². The average molecular weight is 259 g/mol. The molecule has 0 spiro atoms. The van der Waals surface area contributed by atoms with Gasteiger partial charge in [0.2, 0.25) is 11.7 Å². The second-order valence-electron chi connectivity index (χ2n) is 4.54. The van der Waals surface area contributed by atoms with E-state index in [1.54, 1.807) is 4.90 Å². The molecule has 2 N–H and O–H groups in total. The largest absolute Gasteiger partial charge is 0.396 e. The van der Waals surface area contributed by atoms with Crippen LogP contribution in [0.25, 0.3) is 11.4 Å². The van der Waals surface area contributed by atoms with Gasteiger partial charge in [0.05, 0.1) is 0 Å². The van der Waals surface area contributed by atoms with E-state index in [1.807, 2.05) is 24.3 Å². The zero-order valence-electron chi connectivity index (χ0n) is 10.2. The van der Waals surface area contributed by atoms with E-state index in [9.17, 15) is 4.79 Å². The van der Waals surface area contributed by atoms with E-state index >= 15 is 0 Å². The predicted octanol–water partition coefficient (Wildman–Crippen LogP) is 0.212. The molecule has 0 radical (unpaired) electrons. The quantitative estimate of drug-likeness (QED) is 0.821. The van der Waals surface area contributed by atoms with Gasteiger partial charge in [-0.1, -0.05) is 0 Å². The molecule has 2 aromatic rings. The molecular weight excluding hydrogens is 246 g/mol. The first-order valence-electron chi connectivity index (χ1n) is 6.03. The third kappa shape index (κ3) is 2.19. The maximum absolute atomic E-state index is 11.8. The Labute approximate surface area is 109 Å². The van der Waals surface area contributed by atoms with Crippen LogP contribution in [0.1, 0.15) is 6.42 Å². The van der Waals surface area contributed by atoms with Gasteiger partial charge in [0, 0.05) is 36.7 Å². The lowest BCUT2D eigenvalue weighted by Gasteiger charge is -2.16. The van der Waals surface area contributed by atoms with Crippen LogP contribution in [0.4, 0.5) is 5.69 Å². The normalized spacial score (nSPS) is 19.1. The lowest BCUT2D eigenvalue weighted by atomic mass is 10.1. The molecule has 7 heteroatoms. The van der Waals surface area contributed by atoms with Crippen molar-refractivity contribution in [2.45, 2.75) is 6.42 Å². The van der Waals surface area contributed by atoms with Crippen LogP contribution in [0.3, 0.4) is 0 Å². The van der Waals surface area contributed by atoms with Gasteiger partial charge in [-0.25, -0.2) is 0 Å². The monoisotopic (exact) mass is 259 g/mol. The molecule has 19 heavy (non-hydrogen) atoms. The molecule has 2 heterocycles. The number of aliphatic hydroxyl groups excluding tert-OH is 1. The topological polar surface area (TPSA) is 95.0 Å². The van der Waals surface area contributed by atoms with Gasteiger partial charge in [0.15, 0.2) is 0 Å². The Kier molecular flexibility index (Phi) is 2.96. The smallest absolute Gasteiger partial charge is 0.227 e. The summed E-state index contributed by atoms with van der Waals surface area (Å²) < 4.78 is 0. The summed E-state index contributed by atoms with van der Waals surface area (Å²) in [6, 6.07) is 7.40. The number of aromatic nitrogens is 4. The standard InChI is InChI=1S/C12H13N5O2/c18-7-8-5-11(19)17(6-8)10-3-1-9(2-4-10)12-13-15-16-14-12/h1-4,8,18H,5-7H2,(H,13,14,15,16). The Bertz CT molecular complexity index is 566. The minimum absolute atomic E-state index is 0.0318. The summed E-state index contributed by atoms with van der Waals surface area (Å²) in [5, 5.41) is 22.8. The van der Waals surface area contributed by atoms with E-state index in [-0.39, 0.29) is 18.4 Å². The van der Waals surface area contributed by atoms with Crippen molar-refractivity contribution in [3.05, 3.63) is 24.3 Å². The van der Waals surface area contributed by atoms with Crippen molar-refractivity contribution >= 4 is 11.6 Å². The molecular formula is C12H13N5O2. The SMILES string of the molecule is O=C1CC(CO)CN1c1ccc(-c2nn[nH]n2)cc1. The van der Waals surface area contributed by atoms with Gasteiger partial charge in [0.25, 0.3) is 0 Å². The second kappa shape index (κ2) is 4.77. The number of amides is 1. The summed E-state index contributed by atoms with van der Waals surface area (Å²) in [7, 11) is 0. The van der Waals surface area contributed by atoms with Crippen LogP contribution in [-0.2, 0) is 4.79 Å². The number of hydrogen-bond acceptors (Lipinski definition) is 5. The van der Waals surface area contributed by atoms with Gasteiger partial charge >= 0.3 is 0 Å². The highest BCUT2D eigenvalue weighted by atomic mass is 16.3. The molecule has 1 fully saturated rings. The molecule has 1 aromatic carbocycles. The van der Waals surface area contributed by atoms with Crippen molar-refractivity contribution in [2.75, 3.05) is 18.1 Å². The maximum Gasteiger partial charge on any atom is 0.227 e. The number of H-pyrrole nitrogens is 1. The first-order chi connectivity index (χ1) is 9.28. The molecule has 98 valence electrons. The zero-order chi connectivity index (χ0) is 13.2. The molecule has 1 atom stereocenters. The molecule has 1 aliphatic heterocycles. The number of tetrazole rings is 1. The lowest BCUT2D eigenvalue weighted by molar-refractivity contribution is -0.117. The number of nitrogens with one attached hydrogen (secondary N) is 1. The number of hydrogen-bond donors (Lipinski definition) is 2. The van der Waals surface area contributed by atoms with Crippen molar-refractivity contribution in [3.8, 4) is 11.4 Å². The molecule has 1 amide bonds. The minimum Gasteiger partial charge on any atom is -0.396 e. The van der Waals surface area contributed by atoms with Crippen LogP contribution >= 0.6 is 0 Å². The first kappa shape index (κ1) is 11.8. The number of nitrogens with zero attached hydrogens (tertiary/aromatic N) is 4. The van der Waals surface area contributed by atoms with Crippen LogP contribution in [0.2, 0.25) is 0 Å². The fourth-order valence-electron chi connectivity index (χ4n) is 2.23. The summed E-state index contributed by atoms with van der Waals surface area (Å²) in [6.45, 7) is 0.611. The third-order valence-corrected chi connectivity index (χ3v) is 3.25. The van der Waals surface area contributed by atoms with Gasteiger partial charge in [-0.05, 0) is 29.5 Å². The first-order valence-corrected chi connectivity index (χ1v) is 6.03. The molecule has 1 aliphatic rings. The highest BCUT2D eigenvalue weighted by Gasteiger charge is 2.29. The van der Waals surface area contributed by atoms with E-state index in [2.05, 4.69) is 20.6 Å². The summed E-state index contributed by atoms with van der Waals surface area (Å²) >= 11 is 0. The molecule has 7 nitrogen and oxygen atoms in total. The summed E-state index contributed by atoms with van der Waals surface area (Å²) in [5.74, 6) is 0.600. The van der Waals surface area contributed by atoms with Gasteiger partial charge in [-0.3, -0.25) is 4.79 Å².